The van der Waals surface area contributed by atoms with E-state index in [2.05, 4.69) is 13.8 Å². The molecule has 0 saturated carbocycles. The fourth-order valence-corrected chi connectivity index (χ4v) is 1.06. The minimum atomic E-state index is -0.238. The van der Waals surface area contributed by atoms with Gasteiger partial charge in [-0.1, -0.05) is 13.8 Å². The van der Waals surface area contributed by atoms with Gasteiger partial charge in [0.25, 0.3) is 0 Å². The van der Waals surface area contributed by atoms with E-state index in [1.165, 1.54) is 11.8 Å². The second-order valence-electron chi connectivity index (χ2n) is 3.09. The second kappa shape index (κ2) is 6.17. The standard InChI is InChI=1S/C8H17NO2S/c1-7(2)5-9(3)8(10)11-6-12-4/h7H,5-6H2,1-4H3. The Morgan fingerprint density at radius 2 is 2.17 bits per heavy atom. The van der Waals surface area contributed by atoms with Crippen molar-refractivity contribution < 1.29 is 9.53 Å². The van der Waals surface area contributed by atoms with Gasteiger partial charge in [0, 0.05) is 13.6 Å². The molecular weight excluding hydrogens is 174 g/mol. The predicted molar refractivity (Wildman–Crippen MR) is 52.3 cm³/mol. The van der Waals surface area contributed by atoms with E-state index in [4.69, 9.17) is 4.74 Å². The Labute approximate surface area is 78.5 Å². The van der Waals surface area contributed by atoms with Crippen LogP contribution in [0.3, 0.4) is 0 Å². The van der Waals surface area contributed by atoms with Crippen LogP contribution in [0.2, 0.25) is 0 Å². The molecule has 12 heavy (non-hydrogen) atoms. The summed E-state index contributed by atoms with van der Waals surface area (Å²) >= 11 is 1.50. The van der Waals surface area contributed by atoms with Crippen molar-refractivity contribution >= 4 is 17.9 Å². The van der Waals surface area contributed by atoms with E-state index in [1.807, 2.05) is 6.26 Å². The lowest BCUT2D eigenvalue weighted by Crippen LogP contribution is -2.30. The van der Waals surface area contributed by atoms with Crippen LogP contribution in [-0.2, 0) is 4.74 Å². The fourth-order valence-electron chi connectivity index (χ4n) is 0.842. The summed E-state index contributed by atoms with van der Waals surface area (Å²) in [6.45, 7) is 4.88. The minimum Gasteiger partial charge on any atom is -0.438 e. The summed E-state index contributed by atoms with van der Waals surface area (Å²) in [6.07, 6.45) is 1.66. The monoisotopic (exact) mass is 191 g/mol. The van der Waals surface area contributed by atoms with Crippen LogP contribution in [0.4, 0.5) is 4.79 Å². The topological polar surface area (TPSA) is 29.5 Å². The number of hydrogen-bond donors (Lipinski definition) is 0. The number of carbonyl (C=O) groups is 1. The van der Waals surface area contributed by atoms with Gasteiger partial charge in [-0.2, -0.15) is 0 Å². The maximum atomic E-state index is 11.1. The lowest BCUT2D eigenvalue weighted by Gasteiger charge is -2.18. The van der Waals surface area contributed by atoms with Crippen molar-refractivity contribution in [2.24, 2.45) is 5.92 Å². The number of hydrogen-bond acceptors (Lipinski definition) is 3. The van der Waals surface area contributed by atoms with Crippen LogP contribution in [0.15, 0.2) is 0 Å². The van der Waals surface area contributed by atoms with Crippen LogP contribution < -0.4 is 0 Å². The normalized spacial score (nSPS) is 10.1. The number of thioether (sulfide) groups is 1. The third kappa shape index (κ3) is 5.29. The van der Waals surface area contributed by atoms with Gasteiger partial charge in [-0.05, 0) is 12.2 Å². The molecule has 0 radical (unpaired) electrons. The smallest absolute Gasteiger partial charge is 0.410 e. The first-order valence-corrected chi connectivity index (χ1v) is 5.34. The summed E-state index contributed by atoms with van der Waals surface area (Å²) in [5.74, 6) is 0.915. The predicted octanol–water partition coefficient (Wildman–Crippen LogP) is 2.03. The summed E-state index contributed by atoms with van der Waals surface area (Å²) in [6, 6.07) is 0. The first kappa shape index (κ1) is 11.6. The van der Waals surface area contributed by atoms with E-state index in [1.54, 1.807) is 11.9 Å². The van der Waals surface area contributed by atoms with Gasteiger partial charge in [-0.15, -0.1) is 11.8 Å². The maximum Gasteiger partial charge on any atom is 0.410 e. The Balaban J connectivity index is 3.61. The van der Waals surface area contributed by atoms with Crippen molar-refractivity contribution in [2.75, 3.05) is 25.8 Å². The average Bonchev–Trinajstić information content (AvgIpc) is 1.98. The summed E-state index contributed by atoms with van der Waals surface area (Å²) < 4.78 is 4.90. The molecule has 3 nitrogen and oxygen atoms in total. The van der Waals surface area contributed by atoms with Crippen molar-refractivity contribution in [3.05, 3.63) is 0 Å². The number of carbonyl (C=O) groups excluding carboxylic acids is 1. The van der Waals surface area contributed by atoms with Crippen LogP contribution in [-0.4, -0.2) is 36.8 Å². The molecule has 0 aromatic heterocycles. The molecular formula is C8H17NO2S. The zero-order chi connectivity index (χ0) is 9.56. The van der Waals surface area contributed by atoms with Crippen molar-refractivity contribution in [1.29, 1.82) is 0 Å². The van der Waals surface area contributed by atoms with E-state index < -0.39 is 0 Å². The van der Waals surface area contributed by atoms with Crippen LogP contribution >= 0.6 is 11.8 Å². The molecule has 0 heterocycles. The molecule has 0 aliphatic rings. The Kier molecular flexibility index (Phi) is 5.98. The summed E-state index contributed by atoms with van der Waals surface area (Å²) in [5.41, 5.74) is 0. The van der Waals surface area contributed by atoms with Crippen LogP contribution in [0.5, 0.6) is 0 Å². The lowest BCUT2D eigenvalue weighted by molar-refractivity contribution is 0.124. The zero-order valence-corrected chi connectivity index (χ0v) is 8.98. The Morgan fingerprint density at radius 1 is 1.58 bits per heavy atom. The van der Waals surface area contributed by atoms with Crippen molar-refractivity contribution in [3.63, 3.8) is 0 Å². The molecule has 0 aliphatic heterocycles. The van der Waals surface area contributed by atoms with Gasteiger partial charge in [0.2, 0.25) is 0 Å². The number of amides is 1. The molecule has 0 aliphatic carbocycles. The number of nitrogens with zero attached hydrogens (tertiary/aromatic N) is 1. The highest BCUT2D eigenvalue weighted by atomic mass is 32.2. The molecule has 4 heteroatoms. The zero-order valence-electron chi connectivity index (χ0n) is 8.16. The van der Waals surface area contributed by atoms with Gasteiger partial charge in [0.05, 0.1) is 0 Å². The molecule has 0 fully saturated rings. The first-order valence-electron chi connectivity index (χ1n) is 3.94. The minimum absolute atomic E-state index is 0.238. The molecule has 0 rings (SSSR count). The molecule has 1 amide bonds. The fraction of sp³-hybridized carbons (Fsp3) is 0.875. The summed E-state index contributed by atoms with van der Waals surface area (Å²) in [7, 11) is 1.75. The van der Waals surface area contributed by atoms with Gasteiger partial charge in [0.1, 0.15) is 5.94 Å². The number of ether oxygens (including phenoxy) is 1. The van der Waals surface area contributed by atoms with Crippen molar-refractivity contribution in [2.45, 2.75) is 13.8 Å². The average molecular weight is 191 g/mol. The Hall–Kier alpha value is -0.380. The highest BCUT2D eigenvalue weighted by molar-refractivity contribution is 7.98. The van der Waals surface area contributed by atoms with Gasteiger partial charge in [-0.25, -0.2) is 4.79 Å². The largest absolute Gasteiger partial charge is 0.438 e. The van der Waals surface area contributed by atoms with E-state index in [0.717, 1.165) is 6.54 Å². The quantitative estimate of drug-likeness (QED) is 0.637. The maximum absolute atomic E-state index is 11.1. The van der Waals surface area contributed by atoms with E-state index in [0.29, 0.717) is 11.9 Å². The van der Waals surface area contributed by atoms with E-state index in [-0.39, 0.29) is 6.09 Å². The highest BCUT2D eigenvalue weighted by Crippen LogP contribution is 2.00. The molecule has 0 spiro atoms. The second-order valence-corrected chi connectivity index (χ2v) is 3.90. The molecule has 72 valence electrons. The first-order chi connectivity index (χ1) is 5.57. The van der Waals surface area contributed by atoms with Crippen LogP contribution in [0.25, 0.3) is 0 Å². The SMILES string of the molecule is CSCOC(=O)N(C)CC(C)C. The summed E-state index contributed by atoms with van der Waals surface area (Å²) in [5, 5.41) is 0. The molecule has 0 unspecified atom stereocenters. The van der Waals surface area contributed by atoms with Crippen molar-refractivity contribution in [1.82, 2.24) is 4.90 Å². The molecule has 0 saturated heterocycles. The molecule has 0 N–H and O–H groups in total. The number of rotatable bonds is 4. The molecule has 0 aromatic rings. The third-order valence-electron chi connectivity index (χ3n) is 1.25. The van der Waals surface area contributed by atoms with E-state index in [9.17, 15) is 4.79 Å². The van der Waals surface area contributed by atoms with Gasteiger partial charge in [-0.3, -0.25) is 0 Å². The van der Waals surface area contributed by atoms with Gasteiger partial charge >= 0.3 is 6.09 Å². The van der Waals surface area contributed by atoms with Crippen LogP contribution in [0.1, 0.15) is 13.8 Å². The molecule has 0 atom stereocenters. The lowest BCUT2D eigenvalue weighted by atomic mass is 10.2. The Morgan fingerprint density at radius 3 is 2.58 bits per heavy atom. The molecule has 0 bridgehead atoms. The van der Waals surface area contributed by atoms with Gasteiger partial charge < -0.3 is 9.64 Å². The molecule has 0 aromatic carbocycles. The third-order valence-corrected chi connectivity index (χ3v) is 1.60. The van der Waals surface area contributed by atoms with Gasteiger partial charge in [0.15, 0.2) is 0 Å². The van der Waals surface area contributed by atoms with Crippen LogP contribution in [0, 0.1) is 5.92 Å². The van der Waals surface area contributed by atoms with E-state index >= 15 is 0 Å². The summed E-state index contributed by atoms with van der Waals surface area (Å²) in [4.78, 5) is 12.7. The van der Waals surface area contributed by atoms with Crippen molar-refractivity contribution in [3.8, 4) is 0 Å². The Bertz CT molecular complexity index is 139. The highest BCUT2D eigenvalue weighted by Gasteiger charge is 2.10.